The van der Waals surface area contributed by atoms with Crippen LogP contribution in [0, 0.1) is 0 Å². The summed E-state index contributed by atoms with van der Waals surface area (Å²) in [5.41, 5.74) is 2.91. The summed E-state index contributed by atoms with van der Waals surface area (Å²) in [4.78, 5) is 17.7. The van der Waals surface area contributed by atoms with Crippen molar-refractivity contribution < 1.29 is 13.2 Å². The predicted molar refractivity (Wildman–Crippen MR) is 125 cm³/mol. The normalized spacial score (nSPS) is 11.1. The molecule has 0 atom stereocenters. The van der Waals surface area contributed by atoms with E-state index in [0.717, 1.165) is 16.2 Å². The SMILES string of the molecule is C=CCNS(=O)(=O)Cc1ccc(NC(=O)c2ccc(SCc3cccnc3)cc2)cc1. The van der Waals surface area contributed by atoms with Crippen LogP contribution in [0.3, 0.4) is 0 Å². The van der Waals surface area contributed by atoms with Crippen molar-refractivity contribution in [2.24, 2.45) is 0 Å². The van der Waals surface area contributed by atoms with Gasteiger partial charge in [-0.25, -0.2) is 13.1 Å². The number of thioether (sulfide) groups is 1. The number of nitrogens with one attached hydrogen (secondary N) is 2. The third-order valence-electron chi connectivity index (χ3n) is 4.26. The molecule has 0 aliphatic carbocycles. The monoisotopic (exact) mass is 453 g/mol. The summed E-state index contributed by atoms with van der Waals surface area (Å²) in [6.45, 7) is 3.68. The van der Waals surface area contributed by atoms with E-state index in [2.05, 4.69) is 21.6 Å². The standard InChI is InChI=1S/C23H23N3O3S2/c1-2-13-25-31(28,29)17-18-5-9-21(10-6-18)26-23(27)20-7-11-22(12-8-20)30-16-19-4-3-14-24-15-19/h2-12,14-15,25H,1,13,16-17H2,(H,26,27). The quantitative estimate of drug-likeness (QED) is 0.354. The van der Waals surface area contributed by atoms with E-state index < -0.39 is 10.0 Å². The van der Waals surface area contributed by atoms with E-state index in [9.17, 15) is 13.2 Å². The molecule has 0 bridgehead atoms. The number of sulfonamides is 1. The van der Waals surface area contributed by atoms with Crippen molar-refractivity contribution in [1.82, 2.24) is 9.71 Å². The van der Waals surface area contributed by atoms with Gasteiger partial charge in [0.1, 0.15) is 0 Å². The Morgan fingerprint density at radius 2 is 1.77 bits per heavy atom. The van der Waals surface area contributed by atoms with Gasteiger partial charge < -0.3 is 5.32 Å². The third-order valence-corrected chi connectivity index (χ3v) is 6.66. The van der Waals surface area contributed by atoms with Gasteiger partial charge in [-0.05, 0) is 53.6 Å². The highest BCUT2D eigenvalue weighted by Crippen LogP contribution is 2.23. The van der Waals surface area contributed by atoms with Gasteiger partial charge in [0.05, 0.1) is 5.75 Å². The van der Waals surface area contributed by atoms with E-state index >= 15 is 0 Å². The number of amides is 1. The number of aromatic nitrogens is 1. The maximum absolute atomic E-state index is 12.5. The van der Waals surface area contributed by atoms with Crippen LogP contribution >= 0.6 is 11.8 Å². The molecule has 1 aromatic heterocycles. The fraction of sp³-hybridized carbons (Fsp3) is 0.130. The minimum atomic E-state index is -3.42. The number of hydrogen-bond acceptors (Lipinski definition) is 5. The summed E-state index contributed by atoms with van der Waals surface area (Å²) in [7, 11) is -3.42. The first-order chi connectivity index (χ1) is 14.9. The van der Waals surface area contributed by atoms with E-state index in [1.807, 2.05) is 30.5 Å². The lowest BCUT2D eigenvalue weighted by Gasteiger charge is -2.08. The highest BCUT2D eigenvalue weighted by Gasteiger charge is 2.11. The van der Waals surface area contributed by atoms with Crippen molar-refractivity contribution in [3.05, 3.63) is 102 Å². The topological polar surface area (TPSA) is 88.2 Å². The molecule has 160 valence electrons. The second kappa shape index (κ2) is 10.9. The molecule has 0 spiro atoms. The number of anilines is 1. The van der Waals surface area contributed by atoms with Crippen molar-refractivity contribution in [2.75, 3.05) is 11.9 Å². The maximum atomic E-state index is 12.5. The van der Waals surface area contributed by atoms with Crippen molar-refractivity contribution in [2.45, 2.75) is 16.4 Å². The molecule has 8 heteroatoms. The Bertz CT molecular complexity index is 1110. The average molecular weight is 454 g/mol. The molecular formula is C23H23N3O3S2. The summed E-state index contributed by atoms with van der Waals surface area (Å²) in [5.74, 6) is 0.453. The number of nitrogens with zero attached hydrogens (tertiary/aromatic N) is 1. The molecule has 2 N–H and O–H groups in total. The number of rotatable bonds is 10. The summed E-state index contributed by atoms with van der Waals surface area (Å²) < 4.78 is 26.3. The van der Waals surface area contributed by atoms with Crippen molar-refractivity contribution in [3.63, 3.8) is 0 Å². The lowest BCUT2D eigenvalue weighted by atomic mass is 10.2. The Hall–Kier alpha value is -2.94. The first-order valence-electron chi connectivity index (χ1n) is 9.55. The molecule has 6 nitrogen and oxygen atoms in total. The van der Waals surface area contributed by atoms with Crippen LogP contribution in [-0.2, 0) is 21.5 Å². The number of carbonyl (C=O) groups excluding carboxylic acids is 1. The highest BCUT2D eigenvalue weighted by atomic mass is 32.2. The lowest BCUT2D eigenvalue weighted by molar-refractivity contribution is 0.102. The Morgan fingerprint density at radius 1 is 1.03 bits per heavy atom. The molecule has 31 heavy (non-hydrogen) atoms. The van der Waals surface area contributed by atoms with Crippen LogP contribution in [0.25, 0.3) is 0 Å². The van der Waals surface area contributed by atoms with E-state index in [0.29, 0.717) is 16.8 Å². The molecule has 0 saturated carbocycles. The molecule has 3 rings (SSSR count). The van der Waals surface area contributed by atoms with Gasteiger partial charge in [-0.1, -0.05) is 24.3 Å². The zero-order valence-electron chi connectivity index (χ0n) is 16.8. The van der Waals surface area contributed by atoms with E-state index in [-0.39, 0.29) is 18.2 Å². The van der Waals surface area contributed by atoms with Gasteiger partial charge in [0.15, 0.2) is 0 Å². The second-order valence-corrected chi connectivity index (χ2v) is 9.58. The fourth-order valence-electron chi connectivity index (χ4n) is 2.70. The van der Waals surface area contributed by atoms with Gasteiger partial charge in [0.25, 0.3) is 5.91 Å². The molecule has 0 radical (unpaired) electrons. The summed E-state index contributed by atoms with van der Waals surface area (Å²) in [6, 6.07) is 18.1. The van der Waals surface area contributed by atoms with E-state index in [4.69, 9.17) is 0 Å². The van der Waals surface area contributed by atoms with Gasteiger partial charge in [0, 0.05) is 40.8 Å². The smallest absolute Gasteiger partial charge is 0.255 e. The number of pyridine rings is 1. The van der Waals surface area contributed by atoms with Gasteiger partial charge in [-0.2, -0.15) is 0 Å². The van der Waals surface area contributed by atoms with Crippen LogP contribution < -0.4 is 10.0 Å². The largest absolute Gasteiger partial charge is 0.322 e. The molecule has 0 fully saturated rings. The van der Waals surface area contributed by atoms with Gasteiger partial charge in [0.2, 0.25) is 10.0 Å². The van der Waals surface area contributed by atoms with Crippen LogP contribution in [0.2, 0.25) is 0 Å². The van der Waals surface area contributed by atoms with Crippen LogP contribution in [0.4, 0.5) is 5.69 Å². The highest BCUT2D eigenvalue weighted by molar-refractivity contribution is 7.98. The van der Waals surface area contributed by atoms with E-state index in [1.165, 1.54) is 6.08 Å². The number of hydrogen-bond donors (Lipinski definition) is 2. The van der Waals surface area contributed by atoms with Crippen LogP contribution in [0.5, 0.6) is 0 Å². The molecule has 1 amide bonds. The van der Waals surface area contributed by atoms with Crippen LogP contribution in [0.15, 0.2) is 90.6 Å². The zero-order valence-corrected chi connectivity index (χ0v) is 18.5. The fourth-order valence-corrected chi connectivity index (χ4v) is 4.63. The minimum Gasteiger partial charge on any atom is -0.322 e. The van der Waals surface area contributed by atoms with Crippen LogP contribution in [-0.4, -0.2) is 25.9 Å². The molecule has 0 aliphatic heterocycles. The molecular weight excluding hydrogens is 430 g/mol. The van der Waals surface area contributed by atoms with Crippen molar-refractivity contribution >= 4 is 33.4 Å². The zero-order chi connectivity index (χ0) is 22.1. The first kappa shape index (κ1) is 22.7. The molecule has 2 aromatic carbocycles. The Kier molecular flexibility index (Phi) is 8.00. The Morgan fingerprint density at radius 3 is 2.42 bits per heavy atom. The van der Waals surface area contributed by atoms with E-state index in [1.54, 1.807) is 54.4 Å². The van der Waals surface area contributed by atoms with Gasteiger partial charge in [-0.15, -0.1) is 18.3 Å². The molecule has 0 aliphatic rings. The van der Waals surface area contributed by atoms with Crippen LogP contribution in [0.1, 0.15) is 21.5 Å². The predicted octanol–water partition coefficient (Wildman–Crippen LogP) is 4.23. The Balaban J connectivity index is 1.54. The lowest BCUT2D eigenvalue weighted by Crippen LogP contribution is -2.25. The summed E-state index contributed by atoms with van der Waals surface area (Å²) >= 11 is 1.68. The Labute approximate surface area is 186 Å². The first-order valence-corrected chi connectivity index (χ1v) is 12.2. The maximum Gasteiger partial charge on any atom is 0.255 e. The summed E-state index contributed by atoms with van der Waals surface area (Å²) in [5, 5.41) is 2.83. The molecule has 0 saturated heterocycles. The van der Waals surface area contributed by atoms with Gasteiger partial charge >= 0.3 is 0 Å². The third kappa shape index (κ3) is 7.36. The van der Waals surface area contributed by atoms with Crippen molar-refractivity contribution in [3.8, 4) is 0 Å². The number of benzene rings is 2. The average Bonchev–Trinajstić information content (AvgIpc) is 2.78. The second-order valence-electron chi connectivity index (χ2n) is 6.72. The number of carbonyl (C=O) groups is 1. The molecule has 0 unspecified atom stereocenters. The minimum absolute atomic E-state index is 0.132. The molecule has 1 heterocycles. The summed E-state index contributed by atoms with van der Waals surface area (Å²) in [6.07, 6.45) is 5.08. The van der Waals surface area contributed by atoms with Crippen molar-refractivity contribution in [1.29, 1.82) is 0 Å². The van der Waals surface area contributed by atoms with Gasteiger partial charge in [-0.3, -0.25) is 9.78 Å². The molecule has 3 aromatic rings.